The molecule has 1 heterocycles. The fourth-order valence-corrected chi connectivity index (χ4v) is 1.55. The van der Waals surface area contributed by atoms with Gasteiger partial charge in [0.25, 0.3) is 0 Å². The molecule has 0 aliphatic carbocycles. The van der Waals surface area contributed by atoms with Gasteiger partial charge in [-0.25, -0.2) is 4.98 Å². The standard InChI is InChI=1S/C12H17N5/c1-2-13-8-5-9-14-12-15-10-6-3-4-7-11(10)16-17-12/h3-4,6-7,13H,2,5,8-9H2,1H3,(H,14,15,17). The number of hydrogen-bond acceptors (Lipinski definition) is 5. The van der Waals surface area contributed by atoms with Crippen LogP contribution in [0.15, 0.2) is 24.3 Å². The maximum atomic E-state index is 4.39. The van der Waals surface area contributed by atoms with Crippen LogP contribution in [-0.2, 0) is 0 Å². The van der Waals surface area contributed by atoms with E-state index < -0.39 is 0 Å². The van der Waals surface area contributed by atoms with Crippen LogP contribution in [0.4, 0.5) is 5.95 Å². The van der Waals surface area contributed by atoms with E-state index in [1.165, 1.54) is 0 Å². The number of fused-ring (bicyclic) bond motifs is 1. The Morgan fingerprint density at radius 3 is 2.71 bits per heavy atom. The van der Waals surface area contributed by atoms with Gasteiger partial charge in [-0.2, -0.15) is 0 Å². The fourth-order valence-electron chi connectivity index (χ4n) is 1.55. The van der Waals surface area contributed by atoms with Gasteiger partial charge in [0, 0.05) is 6.54 Å². The first-order chi connectivity index (χ1) is 8.40. The summed E-state index contributed by atoms with van der Waals surface area (Å²) in [6.45, 7) is 4.97. The number of rotatable bonds is 6. The number of hydrogen-bond donors (Lipinski definition) is 2. The van der Waals surface area contributed by atoms with Crippen molar-refractivity contribution >= 4 is 17.0 Å². The zero-order valence-corrected chi connectivity index (χ0v) is 9.98. The van der Waals surface area contributed by atoms with E-state index in [2.05, 4.69) is 32.7 Å². The molecule has 2 aromatic rings. The van der Waals surface area contributed by atoms with E-state index in [1.807, 2.05) is 24.3 Å². The second kappa shape index (κ2) is 6.10. The fraction of sp³-hybridized carbons (Fsp3) is 0.417. The Labute approximate surface area is 101 Å². The number of para-hydroxylation sites is 1. The minimum absolute atomic E-state index is 0.597. The van der Waals surface area contributed by atoms with Gasteiger partial charge in [-0.1, -0.05) is 19.1 Å². The molecule has 0 unspecified atom stereocenters. The third kappa shape index (κ3) is 3.35. The maximum Gasteiger partial charge on any atom is 0.243 e. The normalized spacial score (nSPS) is 10.6. The first-order valence-corrected chi connectivity index (χ1v) is 5.94. The number of aromatic nitrogens is 3. The highest BCUT2D eigenvalue weighted by Gasteiger charge is 1.99. The average molecular weight is 231 g/mol. The lowest BCUT2D eigenvalue weighted by atomic mass is 10.3. The second-order valence-corrected chi connectivity index (χ2v) is 3.76. The van der Waals surface area contributed by atoms with Crippen molar-refractivity contribution in [3.63, 3.8) is 0 Å². The highest BCUT2D eigenvalue weighted by atomic mass is 15.2. The Bertz CT molecular complexity index is 471. The van der Waals surface area contributed by atoms with Crippen LogP contribution in [0.2, 0.25) is 0 Å². The lowest BCUT2D eigenvalue weighted by Gasteiger charge is -2.04. The molecule has 90 valence electrons. The summed E-state index contributed by atoms with van der Waals surface area (Å²) in [5.41, 5.74) is 1.70. The van der Waals surface area contributed by atoms with Gasteiger partial charge in [0.15, 0.2) is 0 Å². The van der Waals surface area contributed by atoms with Crippen LogP contribution in [0, 0.1) is 0 Å². The molecular formula is C12H17N5. The molecule has 1 aromatic heterocycles. The lowest BCUT2D eigenvalue weighted by molar-refractivity contribution is 0.687. The molecule has 0 aliphatic rings. The summed E-state index contributed by atoms with van der Waals surface area (Å²) in [6.07, 6.45) is 1.05. The number of nitrogens with zero attached hydrogens (tertiary/aromatic N) is 3. The quantitative estimate of drug-likeness (QED) is 0.736. The van der Waals surface area contributed by atoms with Gasteiger partial charge in [-0.05, 0) is 31.6 Å². The van der Waals surface area contributed by atoms with Crippen LogP contribution in [0.3, 0.4) is 0 Å². The Balaban J connectivity index is 1.90. The average Bonchev–Trinajstić information content (AvgIpc) is 2.38. The molecule has 2 rings (SSSR count). The van der Waals surface area contributed by atoms with E-state index in [4.69, 9.17) is 0 Å². The van der Waals surface area contributed by atoms with Crippen molar-refractivity contribution < 1.29 is 0 Å². The monoisotopic (exact) mass is 231 g/mol. The van der Waals surface area contributed by atoms with Crippen molar-refractivity contribution in [2.45, 2.75) is 13.3 Å². The smallest absolute Gasteiger partial charge is 0.243 e. The molecule has 0 saturated heterocycles. The van der Waals surface area contributed by atoms with Crippen molar-refractivity contribution in [3.05, 3.63) is 24.3 Å². The predicted octanol–water partition coefficient (Wildman–Crippen LogP) is 1.44. The van der Waals surface area contributed by atoms with Crippen LogP contribution in [0.5, 0.6) is 0 Å². The third-order valence-corrected chi connectivity index (χ3v) is 2.42. The minimum atomic E-state index is 0.597. The summed E-state index contributed by atoms with van der Waals surface area (Å²) >= 11 is 0. The van der Waals surface area contributed by atoms with Crippen molar-refractivity contribution in [1.82, 2.24) is 20.5 Å². The molecule has 0 bridgehead atoms. The van der Waals surface area contributed by atoms with Gasteiger partial charge in [0.2, 0.25) is 5.95 Å². The van der Waals surface area contributed by atoms with Crippen molar-refractivity contribution in [2.24, 2.45) is 0 Å². The first-order valence-electron chi connectivity index (χ1n) is 5.94. The Morgan fingerprint density at radius 2 is 1.88 bits per heavy atom. The second-order valence-electron chi connectivity index (χ2n) is 3.76. The molecule has 2 N–H and O–H groups in total. The molecule has 0 fully saturated rings. The molecule has 0 saturated carbocycles. The van der Waals surface area contributed by atoms with Crippen LogP contribution in [-0.4, -0.2) is 34.8 Å². The van der Waals surface area contributed by atoms with E-state index in [-0.39, 0.29) is 0 Å². The molecule has 0 amide bonds. The number of benzene rings is 1. The van der Waals surface area contributed by atoms with Gasteiger partial charge in [-0.15, -0.1) is 10.2 Å². The first kappa shape index (κ1) is 11.7. The number of anilines is 1. The Morgan fingerprint density at radius 1 is 1.06 bits per heavy atom. The van der Waals surface area contributed by atoms with Crippen LogP contribution < -0.4 is 10.6 Å². The molecule has 17 heavy (non-hydrogen) atoms. The topological polar surface area (TPSA) is 62.7 Å². The lowest BCUT2D eigenvalue weighted by Crippen LogP contribution is -2.17. The Hall–Kier alpha value is -1.75. The predicted molar refractivity (Wildman–Crippen MR) is 69.0 cm³/mol. The molecular weight excluding hydrogens is 214 g/mol. The van der Waals surface area contributed by atoms with E-state index in [0.29, 0.717) is 5.95 Å². The SMILES string of the molecule is CCNCCCNc1nnc2ccccc2n1. The molecule has 0 atom stereocenters. The van der Waals surface area contributed by atoms with E-state index in [1.54, 1.807) is 0 Å². The molecule has 5 nitrogen and oxygen atoms in total. The van der Waals surface area contributed by atoms with Gasteiger partial charge in [-0.3, -0.25) is 0 Å². The van der Waals surface area contributed by atoms with E-state index in [0.717, 1.165) is 37.1 Å². The summed E-state index contributed by atoms with van der Waals surface area (Å²) in [7, 11) is 0. The largest absolute Gasteiger partial charge is 0.353 e. The third-order valence-electron chi connectivity index (χ3n) is 2.42. The molecule has 5 heteroatoms. The van der Waals surface area contributed by atoms with Gasteiger partial charge < -0.3 is 10.6 Å². The molecule has 0 aliphatic heterocycles. The zero-order valence-electron chi connectivity index (χ0n) is 9.98. The summed E-state index contributed by atoms with van der Waals surface area (Å²) in [5.74, 6) is 0.597. The van der Waals surface area contributed by atoms with Crippen LogP contribution >= 0.6 is 0 Å². The zero-order chi connectivity index (χ0) is 11.9. The van der Waals surface area contributed by atoms with Gasteiger partial charge in [0.1, 0.15) is 5.52 Å². The summed E-state index contributed by atoms with van der Waals surface area (Å²) in [5, 5.41) is 14.6. The minimum Gasteiger partial charge on any atom is -0.353 e. The summed E-state index contributed by atoms with van der Waals surface area (Å²) in [4.78, 5) is 4.39. The van der Waals surface area contributed by atoms with Crippen molar-refractivity contribution in [1.29, 1.82) is 0 Å². The van der Waals surface area contributed by atoms with Crippen LogP contribution in [0.1, 0.15) is 13.3 Å². The van der Waals surface area contributed by atoms with Crippen molar-refractivity contribution in [2.75, 3.05) is 25.0 Å². The van der Waals surface area contributed by atoms with Gasteiger partial charge in [0.05, 0.1) is 5.52 Å². The Kier molecular flexibility index (Phi) is 4.21. The van der Waals surface area contributed by atoms with Crippen LogP contribution in [0.25, 0.3) is 11.0 Å². The molecule has 0 radical (unpaired) electrons. The molecule has 1 aromatic carbocycles. The van der Waals surface area contributed by atoms with E-state index >= 15 is 0 Å². The highest BCUT2D eigenvalue weighted by molar-refractivity contribution is 5.73. The maximum absolute atomic E-state index is 4.39. The summed E-state index contributed by atoms with van der Waals surface area (Å²) < 4.78 is 0. The van der Waals surface area contributed by atoms with Crippen molar-refractivity contribution in [3.8, 4) is 0 Å². The summed E-state index contributed by atoms with van der Waals surface area (Å²) in [6, 6.07) is 7.73. The highest BCUT2D eigenvalue weighted by Crippen LogP contribution is 2.08. The van der Waals surface area contributed by atoms with E-state index in [9.17, 15) is 0 Å². The van der Waals surface area contributed by atoms with Gasteiger partial charge >= 0.3 is 0 Å². The molecule has 0 spiro atoms. The number of nitrogens with one attached hydrogen (secondary N) is 2.